The fourth-order valence-electron chi connectivity index (χ4n) is 2.50. The standard InChI is InChI=1S/C13H19FN2O2S/c1-9-4-2-3-5-13(9)16-19(17,18)12-7-10(14)6-11(15)8-12/h6-9,13,16H,2-5,15H2,1H3. The van der Waals surface area contributed by atoms with Gasteiger partial charge in [0.25, 0.3) is 0 Å². The van der Waals surface area contributed by atoms with Crippen LogP contribution in [0.25, 0.3) is 0 Å². The van der Waals surface area contributed by atoms with Gasteiger partial charge in [-0.05, 0) is 37.0 Å². The molecule has 1 saturated carbocycles. The van der Waals surface area contributed by atoms with Crippen LogP contribution in [-0.4, -0.2) is 14.5 Å². The number of hydrogen-bond donors (Lipinski definition) is 2. The van der Waals surface area contributed by atoms with Crippen molar-refractivity contribution >= 4 is 15.7 Å². The molecule has 106 valence electrons. The highest BCUT2D eigenvalue weighted by atomic mass is 32.2. The quantitative estimate of drug-likeness (QED) is 0.837. The van der Waals surface area contributed by atoms with Gasteiger partial charge in [-0.2, -0.15) is 0 Å². The molecule has 2 rings (SSSR count). The molecule has 0 amide bonds. The Morgan fingerprint density at radius 2 is 1.95 bits per heavy atom. The van der Waals surface area contributed by atoms with Crippen molar-refractivity contribution in [3.05, 3.63) is 24.0 Å². The number of benzene rings is 1. The Balaban J connectivity index is 2.22. The molecular formula is C13H19FN2O2S. The van der Waals surface area contributed by atoms with Crippen LogP contribution in [0.2, 0.25) is 0 Å². The highest BCUT2D eigenvalue weighted by molar-refractivity contribution is 7.89. The number of anilines is 1. The molecule has 1 aliphatic rings. The monoisotopic (exact) mass is 286 g/mol. The molecule has 0 radical (unpaired) electrons. The molecule has 1 fully saturated rings. The Labute approximate surface area is 113 Å². The van der Waals surface area contributed by atoms with Gasteiger partial charge in [-0.1, -0.05) is 19.8 Å². The highest BCUT2D eigenvalue weighted by Crippen LogP contribution is 2.25. The minimum atomic E-state index is -3.71. The summed E-state index contributed by atoms with van der Waals surface area (Å²) in [5.74, 6) is -0.341. The molecule has 2 unspecified atom stereocenters. The molecule has 19 heavy (non-hydrogen) atoms. The normalized spacial score (nSPS) is 24.3. The summed E-state index contributed by atoms with van der Waals surface area (Å²) >= 11 is 0. The van der Waals surface area contributed by atoms with Crippen LogP contribution in [-0.2, 0) is 10.0 Å². The molecule has 2 atom stereocenters. The van der Waals surface area contributed by atoms with Gasteiger partial charge in [-0.25, -0.2) is 17.5 Å². The maximum Gasteiger partial charge on any atom is 0.241 e. The Kier molecular flexibility index (Phi) is 4.10. The maximum atomic E-state index is 13.2. The minimum absolute atomic E-state index is 0.0803. The van der Waals surface area contributed by atoms with E-state index in [-0.39, 0.29) is 16.6 Å². The molecular weight excluding hydrogens is 267 g/mol. The average Bonchev–Trinajstić information content (AvgIpc) is 2.31. The van der Waals surface area contributed by atoms with Crippen molar-refractivity contribution in [2.75, 3.05) is 5.73 Å². The molecule has 4 nitrogen and oxygen atoms in total. The third-order valence-corrected chi connectivity index (χ3v) is 5.09. The van der Waals surface area contributed by atoms with Crippen LogP contribution < -0.4 is 10.5 Å². The summed E-state index contributed by atoms with van der Waals surface area (Å²) in [5, 5.41) is 0. The molecule has 0 spiro atoms. The third kappa shape index (κ3) is 3.45. The molecule has 1 aromatic rings. The minimum Gasteiger partial charge on any atom is -0.399 e. The summed E-state index contributed by atoms with van der Waals surface area (Å²) in [6, 6.07) is 3.29. The Bertz CT molecular complexity index is 540. The second-order valence-electron chi connectivity index (χ2n) is 5.21. The molecule has 1 aliphatic carbocycles. The highest BCUT2D eigenvalue weighted by Gasteiger charge is 2.27. The zero-order valence-electron chi connectivity index (χ0n) is 10.9. The zero-order chi connectivity index (χ0) is 14.0. The molecule has 0 bridgehead atoms. The fourth-order valence-corrected chi connectivity index (χ4v) is 3.94. The first kappa shape index (κ1) is 14.3. The smallest absolute Gasteiger partial charge is 0.241 e. The lowest BCUT2D eigenvalue weighted by Gasteiger charge is -2.29. The number of sulfonamides is 1. The van der Waals surface area contributed by atoms with Gasteiger partial charge in [-0.15, -0.1) is 0 Å². The molecule has 0 saturated heterocycles. The number of nitrogens with one attached hydrogen (secondary N) is 1. The Morgan fingerprint density at radius 1 is 1.26 bits per heavy atom. The lowest BCUT2D eigenvalue weighted by molar-refractivity contribution is 0.310. The topological polar surface area (TPSA) is 72.2 Å². The van der Waals surface area contributed by atoms with Gasteiger partial charge in [-0.3, -0.25) is 0 Å². The predicted octanol–water partition coefficient (Wildman–Crippen LogP) is 2.26. The molecule has 1 aromatic carbocycles. The van der Waals surface area contributed by atoms with Gasteiger partial charge in [0.05, 0.1) is 4.90 Å². The van der Waals surface area contributed by atoms with Gasteiger partial charge in [0.15, 0.2) is 0 Å². The van der Waals surface area contributed by atoms with Gasteiger partial charge >= 0.3 is 0 Å². The van der Waals surface area contributed by atoms with E-state index in [0.717, 1.165) is 37.8 Å². The van der Waals surface area contributed by atoms with E-state index in [4.69, 9.17) is 5.73 Å². The van der Waals surface area contributed by atoms with Crippen molar-refractivity contribution in [2.24, 2.45) is 5.92 Å². The predicted molar refractivity (Wildman–Crippen MR) is 72.6 cm³/mol. The summed E-state index contributed by atoms with van der Waals surface area (Å²) in [5.41, 5.74) is 5.59. The first-order chi connectivity index (χ1) is 8.88. The van der Waals surface area contributed by atoms with E-state index in [0.29, 0.717) is 5.92 Å². The molecule has 3 N–H and O–H groups in total. The number of rotatable bonds is 3. The number of hydrogen-bond acceptors (Lipinski definition) is 3. The average molecular weight is 286 g/mol. The summed E-state index contributed by atoms with van der Waals surface area (Å²) in [7, 11) is -3.71. The Morgan fingerprint density at radius 3 is 2.58 bits per heavy atom. The van der Waals surface area contributed by atoms with Gasteiger partial charge in [0.2, 0.25) is 10.0 Å². The maximum absolute atomic E-state index is 13.2. The second kappa shape index (κ2) is 5.46. The number of nitrogen functional groups attached to an aromatic ring is 1. The van der Waals surface area contributed by atoms with Crippen molar-refractivity contribution in [1.82, 2.24) is 4.72 Å². The third-order valence-electron chi connectivity index (χ3n) is 3.62. The lowest BCUT2D eigenvalue weighted by atomic mass is 9.87. The summed E-state index contributed by atoms with van der Waals surface area (Å²) in [4.78, 5) is -0.109. The SMILES string of the molecule is CC1CCCCC1NS(=O)(=O)c1cc(N)cc(F)c1. The first-order valence-electron chi connectivity index (χ1n) is 6.47. The summed E-state index contributed by atoms with van der Waals surface area (Å²) in [6.45, 7) is 2.03. The van der Waals surface area contributed by atoms with Crippen molar-refractivity contribution in [3.8, 4) is 0 Å². The van der Waals surface area contributed by atoms with Crippen LogP contribution in [0.1, 0.15) is 32.6 Å². The van der Waals surface area contributed by atoms with Crippen molar-refractivity contribution < 1.29 is 12.8 Å². The van der Waals surface area contributed by atoms with Crippen molar-refractivity contribution in [1.29, 1.82) is 0 Å². The first-order valence-corrected chi connectivity index (χ1v) is 7.95. The lowest BCUT2D eigenvalue weighted by Crippen LogP contribution is -2.41. The molecule has 0 aliphatic heterocycles. The molecule has 6 heteroatoms. The van der Waals surface area contributed by atoms with Gasteiger partial charge in [0, 0.05) is 11.7 Å². The van der Waals surface area contributed by atoms with Crippen LogP contribution >= 0.6 is 0 Å². The van der Waals surface area contributed by atoms with Crippen LogP contribution in [0.5, 0.6) is 0 Å². The van der Waals surface area contributed by atoms with E-state index < -0.39 is 15.8 Å². The van der Waals surface area contributed by atoms with E-state index in [1.165, 1.54) is 6.07 Å². The van der Waals surface area contributed by atoms with Crippen LogP contribution in [0.3, 0.4) is 0 Å². The number of halogens is 1. The molecule has 0 aromatic heterocycles. The largest absolute Gasteiger partial charge is 0.399 e. The van der Waals surface area contributed by atoms with E-state index in [1.807, 2.05) is 6.92 Å². The van der Waals surface area contributed by atoms with E-state index in [9.17, 15) is 12.8 Å². The van der Waals surface area contributed by atoms with Crippen molar-refractivity contribution in [2.45, 2.75) is 43.5 Å². The number of nitrogens with two attached hydrogens (primary N) is 1. The summed E-state index contributed by atoms with van der Waals surface area (Å²) < 4.78 is 40.3. The Hall–Kier alpha value is -1.14. The van der Waals surface area contributed by atoms with E-state index >= 15 is 0 Å². The van der Waals surface area contributed by atoms with Crippen LogP contribution in [0.4, 0.5) is 10.1 Å². The van der Waals surface area contributed by atoms with E-state index in [1.54, 1.807) is 0 Å². The van der Waals surface area contributed by atoms with Crippen molar-refractivity contribution in [3.63, 3.8) is 0 Å². The zero-order valence-corrected chi connectivity index (χ0v) is 11.7. The second-order valence-corrected chi connectivity index (χ2v) is 6.92. The fraction of sp³-hybridized carbons (Fsp3) is 0.538. The summed E-state index contributed by atoms with van der Waals surface area (Å²) in [6.07, 6.45) is 3.98. The van der Waals surface area contributed by atoms with Crippen LogP contribution in [0, 0.1) is 11.7 Å². The van der Waals surface area contributed by atoms with Gasteiger partial charge in [0.1, 0.15) is 5.82 Å². The van der Waals surface area contributed by atoms with Gasteiger partial charge < -0.3 is 5.73 Å². The van der Waals surface area contributed by atoms with E-state index in [2.05, 4.69) is 4.72 Å². The molecule has 0 heterocycles. The van der Waals surface area contributed by atoms with Crippen LogP contribution in [0.15, 0.2) is 23.1 Å².